The van der Waals surface area contributed by atoms with Crippen molar-refractivity contribution < 1.29 is 9.53 Å². The highest BCUT2D eigenvalue weighted by atomic mass is 16.5. The standard InChI is InChI=1S/C19H23N5O2/c1-13-16(14(2)23-24-12-21-22-19(13)24)8-9-18(25)20-11-10-15-6-4-5-7-17(15)26-3/h4-7,12H,8-11H2,1-3H3,(H,20,25). The van der Waals surface area contributed by atoms with Gasteiger partial charge in [0.2, 0.25) is 5.91 Å². The van der Waals surface area contributed by atoms with Gasteiger partial charge in [-0.1, -0.05) is 18.2 Å². The van der Waals surface area contributed by atoms with Gasteiger partial charge in [-0.25, -0.2) is 4.52 Å². The Balaban J connectivity index is 1.55. The maximum Gasteiger partial charge on any atom is 0.220 e. The zero-order valence-corrected chi connectivity index (χ0v) is 15.3. The molecule has 0 fully saturated rings. The number of amides is 1. The molecule has 26 heavy (non-hydrogen) atoms. The van der Waals surface area contributed by atoms with Crippen LogP contribution < -0.4 is 10.1 Å². The van der Waals surface area contributed by atoms with Crippen LogP contribution in [0.2, 0.25) is 0 Å². The molecule has 3 aromatic rings. The number of aromatic nitrogens is 4. The van der Waals surface area contributed by atoms with Crippen LogP contribution in [-0.2, 0) is 17.6 Å². The number of nitrogens with one attached hydrogen (secondary N) is 1. The second-order valence-corrected chi connectivity index (χ2v) is 6.20. The Morgan fingerprint density at radius 3 is 2.85 bits per heavy atom. The van der Waals surface area contributed by atoms with Gasteiger partial charge < -0.3 is 10.1 Å². The first-order valence-corrected chi connectivity index (χ1v) is 8.65. The van der Waals surface area contributed by atoms with Crippen molar-refractivity contribution >= 4 is 11.6 Å². The molecule has 0 spiro atoms. The van der Waals surface area contributed by atoms with Gasteiger partial charge in [0.1, 0.15) is 12.1 Å². The molecule has 1 N–H and O–H groups in total. The van der Waals surface area contributed by atoms with Crippen LogP contribution in [0.25, 0.3) is 5.65 Å². The number of aryl methyl sites for hydroxylation is 2. The molecule has 2 aromatic heterocycles. The molecule has 1 aromatic carbocycles. The molecule has 0 saturated carbocycles. The van der Waals surface area contributed by atoms with Crippen LogP contribution in [0.5, 0.6) is 5.75 Å². The number of hydrogen-bond acceptors (Lipinski definition) is 5. The van der Waals surface area contributed by atoms with Crippen LogP contribution in [0.3, 0.4) is 0 Å². The molecule has 0 aliphatic rings. The summed E-state index contributed by atoms with van der Waals surface area (Å²) in [7, 11) is 1.66. The van der Waals surface area contributed by atoms with E-state index in [0.29, 0.717) is 19.4 Å². The smallest absolute Gasteiger partial charge is 0.220 e. The van der Waals surface area contributed by atoms with Gasteiger partial charge in [0.25, 0.3) is 0 Å². The fourth-order valence-electron chi connectivity index (χ4n) is 3.12. The van der Waals surface area contributed by atoms with Crippen LogP contribution in [0.1, 0.15) is 28.8 Å². The second-order valence-electron chi connectivity index (χ2n) is 6.20. The van der Waals surface area contributed by atoms with Crippen LogP contribution in [-0.4, -0.2) is 39.4 Å². The molecule has 1 amide bonds. The van der Waals surface area contributed by atoms with E-state index < -0.39 is 0 Å². The van der Waals surface area contributed by atoms with Crippen LogP contribution in [0, 0.1) is 13.8 Å². The third kappa shape index (κ3) is 3.82. The van der Waals surface area contributed by atoms with Crippen molar-refractivity contribution in [3.63, 3.8) is 0 Å². The largest absolute Gasteiger partial charge is 0.496 e. The number of para-hydroxylation sites is 1. The number of nitrogens with zero attached hydrogens (tertiary/aromatic N) is 4. The van der Waals surface area contributed by atoms with Crippen LogP contribution in [0.4, 0.5) is 0 Å². The lowest BCUT2D eigenvalue weighted by molar-refractivity contribution is -0.121. The summed E-state index contributed by atoms with van der Waals surface area (Å²) in [6.07, 6.45) is 3.37. The number of carbonyl (C=O) groups excluding carboxylic acids is 1. The number of fused-ring (bicyclic) bond motifs is 1. The van der Waals surface area contributed by atoms with E-state index in [1.165, 1.54) is 0 Å². The average molecular weight is 353 g/mol. The molecule has 3 rings (SSSR count). The monoisotopic (exact) mass is 353 g/mol. The summed E-state index contributed by atoms with van der Waals surface area (Å²) in [5.74, 6) is 0.876. The zero-order chi connectivity index (χ0) is 18.5. The molecular formula is C19H23N5O2. The number of rotatable bonds is 7. The predicted octanol–water partition coefficient (Wildman–Crippen LogP) is 2.04. The summed E-state index contributed by atoms with van der Waals surface area (Å²) >= 11 is 0. The predicted molar refractivity (Wildman–Crippen MR) is 98.3 cm³/mol. The Morgan fingerprint density at radius 1 is 1.23 bits per heavy atom. The summed E-state index contributed by atoms with van der Waals surface area (Å²) in [4.78, 5) is 12.2. The minimum Gasteiger partial charge on any atom is -0.496 e. The second kappa shape index (κ2) is 7.95. The number of ether oxygens (including phenoxy) is 1. The van der Waals surface area contributed by atoms with E-state index in [9.17, 15) is 4.79 Å². The maximum atomic E-state index is 12.2. The minimum absolute atomic E-state index is 0.0278. The first-order valence-electron chi connectivity index (χ1n) is 8.65. The number of methoxy groups -OCH3 is 1. The summed E-state index contributed by atoms with van der Waals surface area (Å²) in [6.45, 7) is 4.52. The maximum absolute atomic E-state index is 12.2. The van der Waals surface area contributed by atoms with Gasteiger partial charge in [-0.05, 0) is 43.9 Å². The Bertz CT molecular complexity index is 919. The normalized spacial score (nSPS) is 10.9. The molecule has 7 heteroatoms. The van der Waals surface area contributed by atoms with E-state index in [4.69, 9.17) is 4.74 Å². The molecule has 7 nitrogen and oxygen atoms in total. The summed E-state index contributed by atoms with van der Waals surface area (Å²) < 4.78 is 7.00. The van der Waals surface area contributed by atoms with Crippen molar-refractivity contribution in [2.45, 2.75) is 33.1 Å². The van der Waals surface area contributed by atoms with Gasteiger partial charge in [0.15, 0.2) is 5.65 Å². The third-order valence-electron chi connectivity index (χ3n) is 4.52. The van der Waals surface area contributed by atoms with Gasteiger partial charge in [0, 0.05) is 18.5 Å². The van der Waals surface area contributed by atoms with E-state index in [1.807, 2.05) is 38.1 Å². The third-order valence-corrected chi connectivity index (χ3v) is 4.52. The van der Waals surface area contributed by atoms with Gasteiger partial charge >= 0.3 is 0 Å². The average Bonchev–Trinajstić information content (AvgIpc) is 3.10. The fraction of sp³-hybridized carbons (Fsp3) is 0.368. The summed E-state index contributed by atoms with van der Waals surface area (Å²) in [5, 5.41) is 15.4. The molecule has 136 valence electrons. The lowest BCUT2D eigenvalue weighted by Gasteiger charge is -2.11. The summed E-state index contributed by atoms with van der Waals surface area (Å²) in [5.41, 5.74) is 4.81. The quantitative estimate of drug-likeness (QED) is 0.703. The van der Waals surface area contributed by atoms with Crippen molar-refractivity contribution in [3.05, 3.63) is 53.0 Å². The highest BCUT2D eigenvalue weighted by molar-refractivity contribution is 5.76. The molecule has 0 bridgehead atoms. The van der Waals surface area contributed by atoms with E-state index in [1.54, 1.807) is 18.0 Å². The van der Waals surface area contributed by atoms with E-state index in [-0.39, 0.29) is 5.91 Å². The first kappa shape index (κ1) is 17.8. The topological polar surface area (TPSA) is 81.4 Å². The molecular weight excluding hydrogens is 330 g/mol. The fourth-order valence-corrected chi connectivity index (χ4v) is 3.12. The SMILES string of the molecule is COc1ccccc1CCNC(=O)CCc1c(C)nn2cnnc2c1C. The molecule has 0 atom stereocenters. The zero-order valence-electron chi connectivity index (χ0n) is 15.3. The molecule has 2 heterocycles. The van der Waals surface area contributed by atoms with Gasteiger partial charge in [0.05, 0.1) is 12.8 Å². The molecule has 0 aliphatic heterocycles. The van der Waals surface area contributed by atoms with E-state index in [2.05, 4.69) is 20.6 Å². The highest BCUT2D eigenvalue weighted by Gasteiger charge is 2.12. The van der Waals surface area contributed by atoms with E-state index in [0.717, 1.165) is 40.2 Å². The number of carbonyl (C=O) groups is 1. The van der Waals surface area contributed by atoms with Crippen molar-refractivity contribution in [2.24, 2.45) is 0 Å². The Labute approximate surface area is 152 Å². The summed E-state index contributed by atoms with van der Waals surface area (Å²) in [6, 6.07) is 7.85. The highest BCUT2D eigenvalue weighted by Crippen LogP contribution is 2.18. The van der Waals surface area contributed by atoms with Crippen molar-refractivity contribution in [3.8, 4) is 5.75 Å². The molecule has 0 radical (unpaired) electrons. The van der Waals surface area contributed by atoms with Gasteiger partial charge in [-0.3, -0.25) is 4.79 Å². The number of hydrogen-bond donors (Lipinski definition) is 1. The van der Waals surface area contributed by atoms with Crippen molar-refractivity contribution in [1.82, 2.24) is 25.1 Å². The number of benzene rings is 1. The van der Waals surface area contributed by atoms with Gasteiger partial charge in [-0.2, -0.15) is 5.10 Å². The van der Waals surface area contributed by atoms with Crippen molar-refractivity contribution in [2.75, 3.05) is 13.7 Å². The van der Waals surface area contributed by atoms with Crippen LogP contribution in [0.15, 0.2) is 30.6 Å². The first-order chi connectivity index (χ1) is 12.6. The van der Waals surface area contributed by atoms with Crippen LogP contribution >= 0.6 is 0 Å². The molecule has 0 unspecified atom stereocenters. The lowest BCUT2D eigenvalue weighted by Crippen LogP contribution is -2.26. The molecule has 0 aliphatic carbocycles. The lowest BCUT2D eigenvalue weighted by atomic mass is 10.0. The van der Waals surface area contributed by atoms with E-state index >= 15 is 0 Å². The molecule has 0 saturated heterocycles. The van der Waals surface area contributed by atoms with Gasteiger partial charge in [-0.15, -0.1) is 10.2 Å². The minimum atomic E-state index is 0.0278. The van der Waals surface area contributed by atoms with Crippen molar-refractivity contribution in [1.29, 1.82) is 0 Å². The Hall–Kier alpha value is -2.96. The Morgan fingerprint density at radius 2 is 2.04 bits per heavy atom. The Kier molecular flexibility index (Phi) is 5.46.